The average molecular weight is 264 g/mol. The molecule has 1 unspecified atom stereocenters. The number of methoxy groups -OCH3 is 1. The number of hydrogen-bond donors (Lipinski definition) is 1. The quantitative estimate of drug-likeness (QED) is 0.765. The summed E-state index contributed by atoms with van der Waals surface area (Å²) in [5, 5.41) is 3.28. The van der Waals surface area contributed by atoms with Gasteiger partial charge >= 0.3 is 5.97 Å². The Kier molecular flexibility index (Phi) is 5.83. The highest BCUT2D eigenvalue weighted by atomic mass is 16.5. The third kappa shape index (κ3) is 4.24. The highest BCUT2D eigenvalue weighted by Crippen LogP contribution is 2.16. The van der Waals surface area contributed by atoms with E-state index in [0.717, 1.165) is 18.7 Å². The fourth-order valence-corrected chi connectivity index (χ4v) is 2.07. The van der Waals surface area contributed by atoms with Crippen LogP contribution in [0.4, 0.5) is 5.69 Å². The molecule has 4 heteroatoms. The fraction of sp³-hybridized carbons (Fsp3) is 0.533. The van der Waals surface area contributed by atoms with Crippen molar-refractivity contribution >= 4 is 11.7 Å². The number of hydrogen-bond acceptors (Lipinski definition) is 4. The Morgan fingerprint density at radius 1 is 1.37 bits per heavy atom. The number of rotatable bonds is 7. The number of anilines is 1. The molecule has 4 nitrogen and oxygen atoms in total. The van der Waals surface area contributed by atoms with Crippen LogP contribution in [0.5, 0.6) is 0 Å². The predicted molar refractivity (Wildman–Crippen MR) is 78.4 cm³/mol. The highest BCUT2D eigenvalue weighted by molar-refractivity contribution is 5.81. The Morgan fingerprint density at radius 2 is 2.00 bits per heavy atom. The van der Waals surface area contributed by atoms with Gasteiger partial charge in [0.15, 0.2) is 0 Å². The molecule has 1 atom stereocenters. The summed E-state index contributed by atoms with van der Waals surface area (Å²) >= 11 is 0. The third-order valence-corrected chi connectivity index (χ3v) is 3.15. The molecule has 106 valence electrons. The first-order valence-corrected chi connectivity index (χ1v) is 6.63. The smallest absolute Gasteiger partial charge is 0.327 e. The summed E-state index contributed by atoms with van der Waals surface area (Å²) in [6, 6.07) is 10.0. The number of nitrogens with zero attached hydrogens (tertiary/aromatic N) is 1. The molecular weight excluding hydrogens is 240 g/mol. The first-order chi connectivity index (χ1) is 9.03. The van der Waals surface area contributed by atoms with E-state index in [0.29, 0.717) is 6.54 Å². The van der Waals surface area contributed by atoms with Crippen molar-refractivity contribution < 1.29 is 9.53 Å². The summed E-state index contributed by atoms with van der Waals surface area (Å²) in [4.78, 5) is 14.1. The van der Waals surface area contributed by atoms with E-state index in [2.05, 4.69) is 17.1 Å². The van der Waals surface area contributed by atoms with Crippen molar-refractivity contribution in [1.82, 2.24) is 5.32 Å². The van der Waals surface area contributed by atoms with Gasteiger partial charge in [-0.1, -0.05) is 25.1 Å². The van der Waals surface area contributed by atoms with E-state index in [9.17, 15) is 4.79 Å². The minimum Gasteiger partial charge on any atom is -0.468 e. The van der Waals surface area contributed by atoms with E-state index in [4.69, 9.17) is 4.74 Å². The minimum atomic E-state index is -0.699. The van der Waals surface area contributed by atoms with Crippen LogP contribution in [0.2, 0.25) is 0 Å². The van der Waals surface area contributed by atoms with Crippen LogP contribution in [-0.4, -0.2) is 38.8 Å². The van der Waals surface area contributed by atoms with Crippen molar-refractivity contribution in [3.8, 4) is 0 Å². The summed E-state index contributed by atoms with van der Waals surface area (Å²) in [5.74, 6) is -0.233. The van der Waals surface area contributed by atoms with Gasteiger partial charge in [-0.05, 0) is 32.0 Å². The van der Waals surface area contributed by atoms with Crippen molar-refractivity contribution in [3.05, 3.63) is 30.3 Å². The second-order valence-corrected chi connectivity index (χ2v) is 4.94. The number of carbonyl (C=O) groups excluding carboxylic acids is 1. The topological polar surface area (TPSA) is 41.6 Å². The predicted octanol–water partition coefficient (Wildman–Crippen LogP) is 2.05. The lowest BCUT2D eigenvalue weighted by atomic mass is 10.0. The van der Waals surface area contributed by atoms with E-state index < -0.39 is 5.54 Å². The van der Waals surface area contributed by atoms with Crippen molar-refractivity contribution in [2.75, 3.05) is 32.1 Å². The van der Waals surface area contributed by atoms with E-state index >= 15 is 0 Å². The zero-order chi connectivity index (χ0) is 14.3. The lowest BCUT2D eigenvalue weighted by Crippen LogP contribution is -2.57. The van der Waals surface area contributed by atoms with Crippen LogP contribution in [0.15, 0.2) is 30.3 Å². The average Bonchev–Trinajstić information content (AvgIpc) is 2.45. The molecule has 0 aliphatic rings. The Bertz CT molecular complexity index is 394. The zero-order valence-corrected chi connectivity index (χ0v) is 12.3. The molecule has 0 aliphatic heterocycles. The van der Waals surface area contributed by atoms with Crippen LogP contribution in [0.25, 0.3) is 0 Å². The maximum atomic E-state index is 12.0. The van der Waals surface area contributed by atoms with Gasteiger partial charge in [-0.2, -0.15) is 0 Å². The second-order valence-electron chi connectivity index (χ2n) is 4.94. The number of para-hydroxylation sites is 1. The molecule has 0 amide bonds. The lowest BCUT2D eigenvalue weighted by Gasteiger charge is -2.33. The maximum absolute atomic E-state index is 12.0. The molecule has 0 aliphatic carbocycles. The molecule has 1 aromatic rings. The molecule has 0 heterocycles. The van der Waals surface area contributed by atoms with Gasteiger partial charge in [-0.25, -0.2) is 4.79 Å². The molecule has 1 rings (SSSR count). The summed E-state index contributed by atoms with van der Waals surface area (Å²) in [6.07, 6.45) is 0.974. The minimum absolute atomic E-state index is 0.233. The van der Waals surface area contributed by atoms with Crippen LogP contribution < -0.4 is 10.2 Å². The second kappa shape index (κ2) is 7.14. The number of esters is 1. The molecule has 1 N–H and O–H groups in total. The first-order valence-electron chi connectivity index (χ1n) is 6.63. The van der Waals surface area contributed by atoms with Crippen LogP contribution in [0.1, 0.15) is 20.3 Å². The summed E-state index contributed by atoms with van der Waals surface area (Å²) < 4.78 is 4.92. The number of benzene rings is 1. The standard InChI is InChI=1S/C15H24N2O2/c1-5-11-16-15(2,14(18)19-4)12-17(3)13-9-7-6-8-10-13/h6-10,16H,5,11-12H2,1-4H3. The van der Waals surface area contributed by atoms with Gasteiger partial charge in [0.2, 0.25) is 0 Å². The number of likely N-dealkylation sites (N-methyl/N-ethyl adjacent to an activating group) is 1. The lowest BCUT2D eigenvalue weighted by molar-refractivity contribution is -0.147. The zero-order valence-electron chi connectivity index (χ0n) is 12.3. The largest absolute Gasteiger partial charge is 0.468 e. The molecule has 0 aromatic heterocycles. The molecule has 0 fully saturated rings. The van der Waals surface area contributed by atoms with Gasteiger partial charge in [0.05, 0.1) is 7.11 Å². The van der Waals surface area contributed by atoms with E-state index in [1.165, 1.54) is 7.11 Å². The first kappa shape index (κ1) is 15.5. The van der Waals surface area contributed by atoms with E-state index in [1.807, 2.05) is 44.3 Å². The van der Waals surface area contributed by atoms with Gasteiger partial charge in [0, 0.05) is 19.3 Å². The Labute approximate surface area is 115 Å². The van der Waals surface area contributed by atoms with E-state index in [-0.39, 0.29) is 5.97 Å². The number of carbonyl (C=O) groups is 1. The highest BCUT2D eigenvalue weighted by Gasteiger charge is 2.35. The van der Waals surface area contributed by atoms with Crippen molar-refractivity contribution in [2.24, 2.45) is 0 Å². The van der Waals surface area contributed by atoms with Gasteiger partial charge in [-0.3, -0.25) is 0 Å². The van der Waals surface area contributed by atoms with Crippen molar-refractivity contribution in [2.45, 2.75) is 25.8 Å². The monoisotopic (exact) mass is 264 g/mol. The summed E-state index contributed by atoms with van der Waals surface area (Å²) in [7, 11) is 3.40. The molecule has 0 saturated carbocycles. The third-order valence-electron chi connectivity index (χ3n) is 3.15. The summed E-state index contributed by atoms with van der Waals surface area (Å²) in [5.41, 5.74) is 0.381. The fourth-order valence-electron chi connectivity index (χ4n) is 2.07. The Morgan fingerprint density at radius 3 is 2.53 bits per heavy atom. The van der Waals surface area contributed by atoms with Crippen LogP contribution in [-0.2, 0) is 9.53 Å². The maximum Gasteiger partial charge on any atom is 0.327 e. The molecular formula is C15H24N2O2. The summed E-state index contributed by atoms with van der Waals surface area (Å²) in [6.45, 7) is 5.30. The van der Waals surface area contributed by atoms with Crippen LogP contribution in [0.3, 0.4) is 0 Å². The van der Waals surface area contributed by atoms with Crippen LogP contribution >= 0.6 is 0 Å². The van der Waals surface area contributed by atoms with Gasteiger partial charge in [0.1, 0.15) is 5.54 Å². The molecule has 0 bridgehead atoms. The number of ether oxygens (including phenoxy) is 1. The number of nitrogens with one attached hydrogen (secondary N) is 1. The molecule has 0 spiro atoms. The van der Waals surface area contributed by atoms with Gasteiger partial charge in [0.25, 0.3) is 0 Å². The molecule has 0 radical (unpaired) electrons. The van der Waals surface area contributed by atoms with Crippen LogP contribution in [0, 0.1) is 0 Å². The van der Waals surface area contributed by atoms with E-state index in [1.54, 1.807) is 0 Å². The molecule has 19 heavy (non-hydrogen) atoms. The van der Waals surface area contributed by atoms with Crippen molar-refractivity contribution in [1.29, 1.82) is 0 Å². The Hall–Kier alpha value is -1.55. The Balaban J connectivity index is 2.80. The molecule has 0 saturated heterocycles. The van der Waals surface area contributed by atoms with Gasteiger partial charge < -0.3 is 15.0 Å². The SMILES string of the molecule is CCCNC(C)(CN(C)c1ccccc1)C(=O)OC. The van der Waals surface area contributed by atoms with Crippen molar-refractivity contribution in [3.63, 3.8) is 0 Å². The molecule has 1 aromatic carbocycles. The van der Waals surface area contributed by atoms with Gasteiger partial charge in [-0.15, -0.1) is 0 Å². The normalized spacial score (nSPS) is 13.7.